The van der Waals surface area contributed by atoms with Gasteiger partial charge >= 0.3 is 6.01 Å². The Morgan fingerprint density at radius 3 is 2.70 bits per heavy atom. The highest BCUT2D eigenvalue weighted by molar-refractivity contribution is 5.52. The topological polar surface area (TPSA) is 63.0 Å². The molecule has 0 atom stereocenters. The third-order valence-electron chi connectivity index (χ3n) is 2.45. The second kappa shape index (κ2) is 6.38. The molecule has 0 amide bonds. The van der Waals surface area contributed by atoms with Crippen LogP contribution in [-0.4, -0.2) is 16.7 Å². The number of halogens is 3. The molecular weight excluding hydrogens is 273 g/mol. The van der Waals surface area contributed by atoms with Gasteiger partial charge in [-0.3, -0.25) is 0 Å². The molecule has 0 bridgehead atoms. The van der Waals surface area contributed by atoms with Crippen molar-refractivity contribution in [2.75, 3.05) is 11.9 Å². The average molecular weight is 286 g/mol. The normalized spacial score (nSPS) is 10.8. The van der Waals surface area contributed by atoms with Gasteiger partial charge in [-0.25, -0.2) is 13.2 Å². The summed E-state index contributed by atoms with van der Waals surface area (Å²) < 4.78 is 44.4. The molecule has 0 spiro atoms. The fourth-order valence-electron chi connectivity index (χ4n) is 1.49. The Bertz CT molecular complexity index is 588. The molecule has 0 saturated carbocycles. The average Bonchev–Trinajstić information content (AvgIpc) is 2.88. The molecule has 1 heterocycles. The zero-order valence-electron chi connectivity index (χ0n) is 10.7. The van der Waals surface area contributed by atoms with Crippen molar-refractivity contribution in [1.82, 2.24) is 15.5 Å². The molecule has 0 aliphatic heterocycles. The summed E-state index contributed by atoms with van der Waals surface area (Å²) in [7, 11) is 0. The lowest BCUT2D eigenvalue weighted by Crippen LogP contribution is -2.13. The number of nitrogens with zero attached hydrogens (tertiary/aromatic N) is 2. The van der Waals surface area contributed by atoms with E-state index in [1.54, 1.807) is 0 Å². The van der Waals surface area contributed by atoms with E-state index in [1.165, 1.54) is 0 Å². The molecule has 2 aromatic rings. The van der Waals surface area contributed by atoms with Crippen molar-refractivity contribution in [3.8, 4) is 0 Å². The number of nitrogens with one attached hydrogen (secondary N) is 2. The maximum Gasteiger partial charge on any atom is 0.320 e. The predicted octanol–water partition coefficient (Wildman–Crippen LogP) is 2.73. The molecule has 0 radical (unpaired) electrons. The van der Waals surface area contributed by atoms with Crippen molar-refractivity contribution in [1.29, 1.82) is 0 Å². The van der Waals surface area contributed by atoms with E-state index in [0.29, 0.717) is 12.4 Å². The number of aromatic nitrogens is 2. The summed E-state index contributed by atoms with van der Waals surface area (Å²) in [6.07, 6.45) is 0.958. The van der Waals surface area contributed by atoms with Gasteiger partial charge in [-0.2, -0.15) is 0 Å². The highest BCUT2D eigenvalue weighted by atomic mass is 19.2. The predicted molar refractivity (Wildman–Crippen MR) is 65.9 cm³/mol. The minimum absolute atomic E-state index is 0.0943. The highest BCUT2D eigenvalue weighted by Crippen LogP contribution is 2.22. The Labute approximate surface area is 113 Å². The Hall–Kier alpha value is -2.09. The smallest absolute Gasteiger partial charge is 0.320 e. The summed E-state index contributed by atoms with van der Waals surface area (Å²) in [6.45, 7) is 3.19. The Morgan fingerprint density at radius 1 is 1.15 bits per heavy atom. The number of hydrogen-bond donors (Lipinski definition) is 2. The second-order valence-electron chi connectivity index (χ2n) is 4.03. The maximum absolute atomic E-state index is 13.4. The monoisotopic (exact) mass is 286 g/mol. The summed E-state index contributed by atoms with van der Waals surface area (Å²) in [5, 5.41) is 12.8. The van der Waals surface area contributed by atoms with Crippen LogP contribution in [0.15, 0.2) is 16.5 Å². The van der Waals surface area contributed by atoms with Crippen LogP contribution in [0.25, 0.3) is 0 Å². The Kier molecular flexibility index (Phi) is 4.57. The minimum Gasteiger partial charge on any atom is -0.406 e. The van der Waals surface area contributed by atoms with Crippen molar-refractivity contribution in [3.05, 3.63) is 35.5 Å². The summed E-state index contributed by atoms with van der Waals surface area (Å²) in [4.78, 5) is 0. The van der Waals surface area contributed by atoms with Crippen LogP contribution in [0.2, 0.25) is 0 Å². The van der Waals surface area contributed by atoms with E-state index < -0.39 is 17.5 Å². The van der Waals surface area contributed by atoms with Crippen molar-refractivity contribution < 1.29 is 17.6 Å². The highest BCUT2D eigenvalue weighted by Gasteiger charge is 2.15. The van der Waals surface area contributed by atoms with Gasteiger partial charge in [0.05, 0.1) is 12.2 Å². The van der Waals surface area contributed by atoms with Gasteiger partial charge in [0.1, 0.15) is 0 Å². The van der Waals surface area contributed by atoms with Gasteiger partial charge in [0.15, 0.2) is 17.5 Å². The van der Waals surface area contributed by atoms with Crippen LogP contribution in [0, 0.1) is 17.5 Å². The van der Waals surface area contributed by atoms with Crippen LogP contribution < -0.4 is 10.6 Å². The molecule has 8 heteroatoms. The third-order valence-corrected chi connectivity index (χ3v) is 2.45. The lowest BCUT2D eigenvalue weighted by atomic mass is 10.3. The van der Waals surface area contributed by atoms with Gasteiger partial charge in [-0.05, 0) is 25.1 Å². The van der Waals surface area contributed by atoms with E-state index in [4.69, 9.17) is 4.42 Å². The zero-order valence-corrected chi connectivity index (χ0v) is 10.7. The number of rotatable bonds is 6. The van der Waals surface area contributed by atoms with E-state index >= 15 is 0 Å². The van der Waals surface area contributed by atoms with Gasteiger partial charge in [0, 0.05) is 0 Å². The molecule has 0 aliphatic carbocycles. The summed E-state index contributed by atoms with van der Waals surface area (Å²) in [6, 6.07) is 1.76. The molecule has 0 saturated heterocycles. The largest absolute Gasteiger partial charge is 0.406 e. The SMILES string of the molecule is CCCNCc1nnc(Nc2ccc(F)c(F)c2F)o1. The molecule has 1 aromatic carbocycles. The van der Waals surface area contributed by atoms with Crippen molar-refractivity contribution in [3.63, 3.8) is 0 Å². The van der Waals surface area contributed by atoms with Gasteiger partial charge in [0.2, 0.25) is 5.89 Å². The fourth-order valence-corrected chi connectivity index (χ4v) is 1.49. The van der Waals surface area contributed by atoms with Crippen LogP contribution in [-0.2, 0) is 6.54 Å². The molecule has 1 aromatic heterocycles. The molecule has 0 aliphatic rings. The Morgan fingerprint density at radius 2 is 1.95 bits per heavy atom. The number of anilines is 2. The molecule has 20 heavy (non-hydrogen) atoms. The van der Waals surface area contributed by atoms with Gasteiger partial charge in [0.25, 0.3) is 0 Å². The lowest BCUT2D eigenvalue weighted by Gasteiger charge is -2.04. The fraction of sp³-hybridized carbons (Fsp3) is 0.333. The molecule has 2 rings (SSSR count). The number of hydrogen-bond acceptors (Lipinski definition) is 5. The van der Waals surface area contributed by atoms with Crippen LogP contribution >= 0.6 is 0 Å². The summed E-state index contributed by atoms with van der Waals surface area (Å²) in [5.41, 5.74) is -0.277. The first-order valence-corrected chi connectivity index (χ1v) is 6.05. The quantitative estimate of drug-likeness (QED) is 0.631. The van der Waals surface area contributed by atoms with Crippen molar-refractivity contribution >= 4 is 11.7 Å². The standard InChI is InChI=1S/C12H13F3N4O/c1-2-5-16-6-9-18-19-12(20-9)17-8-4-3-7(13)10(14)11(8)15/h3-4,16H,2,5-6H2,1H3,(H,17,19). The van der Waals surface area contributed by atoms with Gasteiger partial charge in [-0.1, -0.05) is 12.0 Å². The van der Waals surface area contributed by atoms with E-state index in [1.807, 2.05) is 6.92 Å². The first-order valence-electron chi connectivity index (χ1n) is 6.05. The second-order valence-corrected chi connectivity index (χ2v) is 4.03. The van der Waals surface area contributed by atoms with Gasteiger partial charge in [-0.15, -0.1) is 5.10 Å². The number of benzene rings is 1. The Balaban J connectivity index is 2.05. The molecule has 0 fully saturated rings. The van der Waals surface area contributed by atoms with Crippen LogP contribution in [0.4, 0.5) is 24.9 Å². The van der Waals surface area contributed by atoms with E-state index in [-0.39, 0.29) is 11.7 Å². The molecule has 2 N–H and O–H groups in total. The van der Waals surface area contributed by atoms with Crippen LogP contribution in [0.5, 0.6) is 0 Å². The molecule has 0 unspecified atom stereocenters. The minimum atomic E-state index is -1.56. The van der Waals surface area contributed by atoms with Crippen LogP contribution in [0.1, 0.15) is 19.2 Å². The van der Waals surface area contributed by atoms with Crippen molar-refractivity contribution in [2.24, 2.45) is 0 Å². The first-order chi connectivity index (χ1) is 9.61. The van der Waals surface area contributed by atoms with E-state index in [2.05, 4.69) is 20.8 Å². The maximum atomic E-state index is 13.4. The third kappa shape index (κ3) is 3.27. The zero-order chi connectivity index (χ0) is 14.5. The molecular formula is C12H13F3N4O. The van der Waals surface area contributed by atoms with Gasteiger partial charge < -0.3 is 15.1 Å². The van der Waals surface area contributed by atoms with Crippen molar-refractivity contribution in [2.45, 2.75) is 19.9 Å². The lowest BCUT2D eigenvalue weighted by molar-refractivity contribution is 0.448. The van der Waals surface area contributed by atoms with E-state index in [0.717, 1.165) is 25.1 Å². The summed E-state index contributed by atoms with van der Waals surface area (Å²) in [5.74, 6) is -3.85. The summed E-state index contributed by atoms with van der Waals surface area (Å²) >= 11 is 0. The van der Waals surface area contributed by atoms with E-state index in [9.17, 15) is 13.2 Å². The first kappa shape index (κ1) is 14.3. The molecule has 5 nitrogen and oxygen atoms in total. The van der Waals surface area contributed by atoms with Crippen LogP contribution in [0.3, 0.4) is 0 Å². The molecule has 108 valence electrons.